The van der Waals surface area contributed by atoms with Crippen LogP contribution in [0.2, 0.25) is 0 Å². The number of benzene rings is 1. The highest BCUT2D eigenvalue weighted by Crippen LogP contribution is 2.25. The second-order valence-corrected chi connectivity index (χ2v) is 6.74. The third-order valence-corrected chi connectivity index (χ3v) is 5.06. The molecule has 2 rings (SSSR count). The first-order valence-corrected chi connectivity index (χ1v) is 8.99. The summed E-state index contributed by atoms with van der Waals surface area (Å²) in [7, 11) is 0. The predicted octanol–water partition coefficient (Wildman–Crippen LogP) is 0.980. The number of nitrogens with zero attached hydrogens (tertiary/aromatic N) is 1. The molecule has 0 spiro atoms. The third-order valence-electron chi connectivity index (χ3n) is 3.74. The van der Waals surface area contributed by atoms with Crippen molar-refractivity contribution in [1.29, 1.82) is 0 Å². The first kappa shape index (κ1) is 18.5. The molecule has 1 heterocycles. The molecule has 1 fully saturated rings. The number of likely N-dealkylation sites (tertiary alicyclic amines) is 1. The number of hydrogen-bond donors (Lipinski definition) is 1. The quantitative estimate of drug-likeness (QED) is 0.555. The summed E-state index contributed by atoms with van der Waals surface area (Å²) >= 11 is 1.25. The highest BCUT2D eigenvalue weighted by atomic mass is 32.2. The average Bonchev–Trinajstić information content (AvgIpc) is 2.85. The van der Waals surface area contributed by atoms with E-state index in [0.717, 1.165) is 5.56 Å². The fraction of sp³-hybridized carbons (Fsp3) is 0.471. The van der Waals surface area contributed by atoms with Crippen molar-refractivity contribution in [2.45, 2.75) is 31.1 Å². The Morgan fingerprint density at radius 3 is 2.75 bits per heavy atom. The van der Waals surface area contributed by atoms with E-state index < -0.39 is 17.3 Å². The summed E-state index contributed by atoms with van der Waals surface area (Å²) in [4.78, 5) is 37.2. The molecule has 1 aliphatic rings. The van der Waals surface area contributed by atoms with Crippen molar-refractivity contribution < 1.29 is 19.1 Å². The number of nitrogens with two attached hydrogens (primary N) is 1. The molecule has 0 aliphatic carbocycles. The van der Waals surface area contributed by atoms with Crippen molar-refractivity contribution in [3.63, 3.8) is 0 Å². The van der Waals surface area contributed by atoms with Gasteiger partial charge in [0.1, 0.15) is 6.04 Å². The molecule has 1 aromatic rings. The molecular formula is C17H22N2O4S. The molecule has 1 aliphatic heterocycles. The minimum atomic E-state index is -0.781. The number of rotatable bonds is 8. The van der Waals surface area contributed by atoms with Gasteiger partial charge in [-0.05, 0) is 18.9 Å². The summed E-state index contributed by atoms with van der Waals surface area (Å²) < 4.78 is 4.84. The van der Waals surface area contributed by atoms with Crippen molar-refractivity contribution in [2.75, 3.05) is 18.9 Å². The lowest BCUT2D eigenvalue weighted by Gasteiger charge is -2.15. The molecule has 0 aromatic heterocycles. The van der Waals surface area contributed by atoms with Crippen LogP contribution in [0.4, 0.5) is 0 Å². The third kappa shape index (κ3) is 4.82. The molecule has 0 saturated carbocycles. The lowest BCUT2D eigenvalue weighted by molar-refractivity contribution is -0.144. The molecule has 6 nitrogen and oxygen atoms in total. The Morgan fingerprint density at radius 1 is 1.38 bits per heavy atom. The minimum absolute atomic E-state index is 0.161. The summed E-state index contributed by atoms with van der Waals surface area (Å²) in [6.07, 6.45) is 0.798. The Morgan fingerprint density at radius 2 is 2.08 bits per heavy atom. The smallest absolute Gasteiger partial charge is 0.323 e. The number of carbonyl (C=O) groups excluding carboxylic acids is 3. The summed E-state index contributed by atoms with van der Waals surface area (Å²) in [6.45, 7) is 2.36. The van der Waals surface area contributed by atoms with Crippen molar-refractivity contribution in [3.05, 3.63) is 35.9 Å². The summed E-state index contributed by atoms with van der Waals surface area (Å²) in [6, 6.07) is 8.94. The van der Waals surface area contributed by atoms with E-state index in [1.807, 2.05) is 30.3 Å². The first-order valence-electron chi connectivity index (χ1n) is 7.95. The zero-order chi connectivity index (χ0) is 17.5. The van der Waals surface area contributed by atoms with Crippen LogP contribution in [0.15, 0.2) is 30.3 Å². The van der Waals surface area contributed by atoms with Gasteiger partial charge in [0.2, 0.25) is 11.8 Å². The van der Waals surface area contributed by atoms with Gasteiger partial charge in [0, 0.05) is 18.7 Å². The van der Waals surface area contributed by atoms with Crippen LogP contribution in [0.3, 0.4) is 0 Å². The molecule has 1 aromatic carbocycles. The van der Waals surface area contributed by atoms with Gasteiger partial charge in [0.05, 0.1) is 11.9 Å². The van der Waals surface area contributed by atoms with E-state index in [4.69, 9.17) is 10.5 Å². The van der Waals surface area contributed by atoms with Crippen LogP contribution < -0.4 is 5.73 Å². The Labute approximate surface area is 145 Å². The van der Waals surface area contributed by atoms with Crippen LogP contribution in [0.1, 0.15) is 18.9 Å². The number of ether oxygens (including phenoxy) is 1. The lowest BCUT2D eigenvalue weighted by Crippen LogP contribution is -2.36. The molecule has 24 heavy (non-hydrogen) atoms. The van der Waals surface area contributed by atoms with E-state index in [9.17, 15) is 14.4 Å². The number of thioether (sulfide) groups is 1. The lowest BCUT2D eigenvalue weighted by atomic mass is 10.1. The van der Waals surface area contributed by atoms with E-state index in [-0.39, 0.29) is 30.6 Å². The maximum atomic E-state index is 12.4. The largest absolute Gasteiger partial charge is 0.465 e. The molecule has 130 valence electrons. The zero-order valence-corrected chi connectivity index (χ0v) is 14.5. The van der Waals surface area contributed by atoms with Crippen LogP contribution in [-0.4, -0.2) is 52.9 Å². The van der Waals surface area contributed by atoms with Crippen molar-refractivity contribution >= 4 is 29.5 Å². The maximum Gasteiger partial charge on any atom is 0.323 e. The van der Waals surface area contributed by atoms with Gasteiger partial charge in [0.25, 0.3) is 0 Å². The summed E-state index contributed by atoms with van der Waals surface area (Å²) in [5.41, 5.74) is 6.81. The van der Waals surface area contributed by atoms with E-state index in [1.54, 1.807) is 6.92 Å². The van der Waals surface area contributed by atoms with Crippen molar-refractivity contribution in [3.8, 4) is 0 Å². The number of carbonyl (C=O) groups is 3. The topological polar surface area (TPSA) is 89.7 Å². The molecular weight excluding hydrogens is 328 g/mol. The molecule has 1 saturated heterocycles. The Bertz CT molecular complexity index is 594. The summed E-state index contributed by atoms with van der Waals surface area (Å²) in [5.74, 6) is -0.590. The van der Waals surface area contributed by atoms with Crippen LogP contribution in [0, 0.1) is 0 Å². The molecule has 0 radical (unpaired) electrons. The predicted molar refractivity (Wildman–Crippen MR) is 92.3 cm³/mol. The molecule has 0 bridgehead atoms. The Hall–Kier alpha value is -1.86. The molecule has 0 unspecified atom stereocenters. The molecule has 2 atom stereocenters. The van der Waals surface area contributed by atoms with Crippen LogP contribution >= 0.6 is 11.8 Å². The maximum absolute atomic E-state index is 12.4. The molecule has 2 amide bonds. The van der Waals surface area contributed by atoms with E-state index in [1.165, 1.54) is 16.7 Å². The second kappa shape index (κ2) is 8.84. The Kier molecular flexibility index (Phi) is 6.81. The highest BCUT2D eigenvalue weighted by Gasteiger charge is 2.38. The number of amides is 2. The monoisotopic (exact) mass is 350 g/mol. The zero-order valence-electron chi connectivity index (χ0n) is 13.6. The van der Waals surface area contributed by atoms with Crippen LogP contribution in [0.25, 0.3) is 0 Å². The minimum Gasteiger partial charge on any atom is -0.465 e. The average molecular weight is 350 g/mol. The van der Waals surface area contributed by atoms with Crippen LogP contribution in [0.5, 0.6) is 0 Å². The fourth-order valence-electron chi connectivity index (χ4n) is 2.44. The second-order valence-electron chi connectivity index (χ2n) is 5.50. The van der Waals surface area contributed by atoms with Crippen molar-refractivity contribution in [1.82, 2.24) is 4.90 Å². The van der Waals surface area contributed by atoms with E-state index >= 15 is 0 Å². The van der Waals surface area contributed by atoms with Gasteiger partial charge in [-0.1, -0.05) is 30.3 Å². The van der Waals surface area contributed by atoms with Gasteiger partial charge in [-0.15, -0.1) is 11.8 Å². The number of hydrogen-bond acceptors (Lipinski definition) is 6. The van der Waals surface area contributed by atoms with Gasteiger partial charge in [-0.3, -0.25) is 19.3 Å². The summed E-state index contributed by atoms with van der Waals surface area (Å²) in [5, 5.41) is -0.464. The fourth-order valence-corrected chi connectivity index (χ4v) is 3.55. The van der Waals surface area contributed by atoms with Gasteiger partial charge < -0.3 is 10.5 Å². The molecule has 2 N–H and O–H groups in total. The van der Waals surface area contributed by atoms with Gasteiger partial charge in [-0.25, -0.2) is 0 Å². The van der Waals surface area contributed by atoms with E-state index in [0.29, 0.717) is 13.0 Å². The molecule has 7 heteroatoms. The van der Waals surface area contributed by atoms with Gasteiger partial charge >= 0.3 is 5.97 Å². The van der Waals surface area contributed by atoms with Gasteiger partial charge in [0.15, 0.2) is 0 Å². The standard InChI is InChI=1S/C17H22N2O4S/c1-2-23-17(22)13(18)11-24-14-10-15(20)19(16(14)21)9-8-12-6-4-3-5-7-12/h3-7,13-14H,2,8-11,18H2,1H3/t13-,14-/m1/s1. The SMILES string of the molecule is CCOC(=O)[C@H](N)CS[C@@H]1CC(=O)N(CCc2ccccc2)C1=O. The number of esters is 1. The highest BCUT2D eigenvalue weighted by molar-refractivity contribution is 8.00. The number of imide groups is 1. The Balaban J connectivity index is 1.83. The first-order chi connectivity index (χ1) is 11.5. The van der Waals surface area contributed by atoms with Crippen molar-refractivity contribution in [2.24, 2.45) is 5.73 Å². The van der Waals surface area contributed by atoms with Crippen LogP contribution in [-0.2, 0) is 25.5 Å². The van der Waals surface area contributed by atoms with E-state index in [2.05, 4.69) is 0 Å². The van der Waals surface area contributed by atoms with Gasteiger partial charge in [-0.2, -0.15) is 0 Å². The normalized spacial score (nSPS) is 18.8.